The first kappa shape index (κ1) is 31.6. The van der Waals surface area contributed by atoms with Crippen LogP contribution in [0.2, 0.25) is 0 Å². The molecule has 1 N–H and O–H groups in total. The maximum Gasteiger partial charge on any atom is 0.244 e. The van der Waals surface area contributed by atoms with Crippen LogP contribution < -0.4 is 9.62 Å². The van der Waals surface area contributed by atoms with Crippen molar-refractivity contribution >= 4 is 43.5 Å². The van der Waals surface area contributed by atoms with Crippen LogP contribution in [0.1, 0.15) is 88.7 Å². The van der Waals surface area contributed by atoms with Crippen LogP contribution in [0.15, 0.2) is 53.0 Å². The van der Waals surface area contributed by atoms with Crippen molar-refractivity contribution in [3.63, 3.8) is 0 Å². The van der Waals surface area contributed by atoms with E-state index in [0.717, 1.165) is 59.7 Å². The van der Waals surface area contributed by atoms with Crippen LogP contribution in [0.25, 0.3) is 0 Å². The van der Waals surface area contributed by atoms with Gasteiger partial charge in [0.25, 0.3) is 0 Å². The summed E-state index contributed by atoms with van der Waals surface area (Å²) >= 11 is 3.50. The number of amides is 2. The van der Waals surface area contributed by atoms with E-state index in [1.54, 1.807) is 6.92 Å². The van der Waals surface area contributed by atoms with Gasteiger partial charge in [0.15, 0.2) is 0 Å². The Labute approximate surface area is 271 Å². The number of nitrogens with one attached hydrogen (secondary N) is 1. The summed E-state index contributed by atoms with van der Waals surface area (Å²) in [4.78, 5) is 29.0. The van der Waals surface area contributed by atoms with E-state index in [4.69, 9.17) is 0 Å². The third-order valence-electron chi connectivity index (χ3n) is 10.8. The molecule has 2 aromatic carbocycles. The lowest BCUT2D eigenvalue weighted by Crippen LogP contribution is -2.53. The number of halogens is 1. The van der Waals surface area contributed by atoms with Crippen molar-refractivity contribution in [2.75, 3.05) is 17.1 Å². The summed E-state index contributed by atoms with van der Waals surface area (Å²) in [6.45, 7) is 1.56. The SMILES string of the molecule is CC(C(=O)NC1CCCCC1)N(Cc1cccc(Br)c1)C(=O)CN(c1ccc(C23CC4CC(CC(C4)C2)C3)cc1)S(C)(=O)=O. The Morgan fingerprint density at radius 1 is 0.955 bits per heavy atom. The number of nitrogens with zero attached hydrogens (tertiary/aromatic N) is 2. The second-order valence-corrected chi connectivity index (χ2v) is 17.0. The van der Waals surface area contributed by atoms with Crippen LogP contribution in [0.3, 0.4) is 0 Å². The molecular formula is C35H46BrN3O4S. The lowest BCUT2D eigenvalue weighted by molar-refractivity contribution is -0.139. The van der Waals surface area contributed by atoms with Gasteiger partial charge in [-0.25, -0.2) is 8.42 Å². The van der Waals surface area contributed by atoms with E-state index in [1.165, 1.54) is 59.7 Å². The van der Waals surface area contributed by atoms with E-state index in [9.17, 15) is 18.0 Å². The second-order valence-electron chi connectivity index (χ2n) is 14.2. The van der Waals surface area contributed by atoms with Crippen molar-refractivity contribution in [1.29, 1.82) is 0 Å². The summed E-state index contributed by atoms with van der Waals surface area (Å²) in [5.41, 5.74) is 2.86. The molecule has 0 spiro atoms. The third kappa shape index (κ3) is 6.88. The first-order valence-corrected chi connectivity index (χ1v) is 19.1. The standard InChI is InChI=1S/C35H46BrN3O4S/c1-24(34(41)37-31-9-4-3-5-10-31)38(22-25-7-6-8-30(36)18-25)33(40)23-39(44(2,42)43)32-13-11-29(12-14-32)35-19-26-15-27(20-35)17-28(16-26)21-35/h6-8,11-14,18,24,26-28,31H,3-5,9-10,15-17,19-23H2,1-2H3,(H,37,41). The van der Waals surface area contributed by atoms with Crippen LogP contribution in [0.5, 0.6) is 0 Å². The Balaban J connectivity index is 1.22. The predicted molar refractivity (Wildman–Crippen MR) is 178 cm³/mol. The second kappa shape index (κ2) is 12.8. The predicted octanol–water partition coefficient (Wildman–Crippen LogP) is 6.55. The van der Waals surface area contributed by atoms with E-state index in [0.29, 0.717) is 5.69 Å². The summed E-state index contributed by atoms with van der Waals surface area (Å²) in [5.74, 6) is 1.84. The van der Waals surface area contributed by atoms with E-state index >= 15 is 0 Å². The Morgan fingerprint density at radius 2 is 1.57 bits per heavy atom. The summed E-state index contributed by atoms with van der Waals surface area (Å²) in [6.07, 6.45) is 14.2. The van der Waals surface area contributed by atoms with Gasteiger partial charge in [-0.3, -0.25) is 13.9 Å². The molecule has 1 unspecified atom stereocenters. The molecule has 2 amide bonds. The number of hydrogen-bond donors (Lipinski definition) is 1. The van der Waals surface area contributed by atoms with E-state index in [-0.39, 0.29) is 30.5 Å². The van der Waals surface area contributed by atoms with Crippen molar-refractivity contribution in [2.24, 2.45) is 17.8 Å². The normalized spacial score (nSPS) is 27.1. The first-order valence-electron chi connectivity index (χ1n) is 16.4. The highest BCUT2D eigenvalue weighted by molar-refractivity contribution is 9.10. The van der Waals surface area contributed by atoms with Gasteiger partial charge in [-0.2, -0.15) is 0 Å². The van der Waals surface area contributed by atoms with Gasteiger partial charge in [0.1, 0.15) is 12.6 Å². The van der Waals surface area contributed by atoms with Crippen molar-refractivity contribution in [1.82, 2.24) is 10.2 Å². The largest absolute Gasteiger partial charge is 0.352 e. The van der Waals surface area contributed by atoms with Gasteiger partial charge in [-0.15, -0.1) is 0 Å². The van der Waals surface area contributed by atoms with Gasteiger partial charge in [0, 0.05) is 17.1 Å². The topological polar surface area (TPSA) is 86.8 Å². The highest BCUT2D eigenvalue weighted by Crippen LogP contribution is 2.60. The van der Waals surface area contributed by atoms with Gasteiger partial charge in [0.2, 0.25) is 21.8 Å². The summed E-state index contributed by atoms with van der Waals surface area (Å²) in [7, 11) is -3.77. The minimum absolute atomic E-state index is 0.113. The first-order chi connectivity index (χ1) is 21.0. The number of hydrogen-bond acceptors (Lipinski definition) is 4. The summed E-state index contributed by atoms with van der Waals surface area (Å²) < 4.78 is 28.3. The molecule has 7 rings (SSSR count). The van der Waals surface area contributed by atoms with Crippen LogP contribution >= 0.6 is 15.9 Å². The molecule has 5 aliphatic rings. The fraction of sp³-hybridized carbons (Fsp3) is 0.600. The monoisotopic (exact) mass is 683 g/mol. The molecule has 5 fully saturated rings. The summed E-state index contributed by atoms with van der Waals surface area (Å²) in [5, 5.41) is 3.15. The highest BCUT2D eigenvalue weighted by atomic mass is 79.9. The van der Waals surface area contributed by atoms with E-state index < -0.39 is 22.0 Å². The van der Waals surface area contributed by atoms with Crippen LogP contribution in [-0.4, -0.2) is 50.0 Å². The molecule has 1 atom stereocenters. The molecule has 238 valence electrons. The number of sulfonamides is 1. The fourth-order valence-electron chi connectivity index (χ4n) is 9.04. The number of carbonyl (C=O) groups excluding carboxylic acids is 2. The molecule has 44 heavy (non-hydrogen) atoms. The third-order valence-corrected chi connectivity index (χ3v) is 12.5. The zero-order chi connectivity index (χ0) is 31.1. The Morgan fingerprint density at radius 3 is 2.14 bits per heavy atom. The zero-order valence-electron chi connectivity index (χ0n) is 26.0. The molecule has 7 nitrogen and oxygen atoms in total. The Kier molecular flexibility index (Phi) is 9.17. The van der Waals surface area contributed by atoms with Crippen molar-refractivity contribution in [3.05, 3.63) is 64.1 Å². The zero-order valence-corrected chi connectivity index (χ0v) is 28.4. The van der Waals surface area contributed by atoms with Crippen LogP contribution in [0.4, 0.5) is 5.69 Å². The van der Waals surface area contributed by atoms with Gasteiger partial charge in [0.05, 0.1) is 11.9 Å². The highest BCUT2D eigenvalue weighted by Gasteiger charge is 2.51. The molecule has 0 radical (unpaired) electrons. The molecule has 0 heterocycles. The minimum atomic E-state index is -3.77. The molecule has 2 aromatic rings. The molecule has 5 aliphatic carbocycles. The number of carbonyl (C=O) groups is 2. The van der Waals surface area contributed by atoms with E-state index in [1.807, 2.05) is 36.4 Å². The quantitative estimate of drug-likeness (QED) is 0.308. The molecular weight excluding hydrogens is 638 g/mol. The van der Waals surface area contributed by atoms with E-state index in [2.05, 4.69) is 33.4 Å². The van der Waals surface area contributed by atoms with Crippen molar-refractivity contribution in [2.45, 2.75) is 102 Å². The molecule has 0 aliphatic heterocycles. The molecule has 0 aromatic heterocycles. The molecule has 0 saturated heterocycles. The van der Waals surface area contributed by atoms with Crippen molar-refractivity contribution in [3.8, 4) is 0 Å². The summed E-state index contributed by atoms with van der Waals surface area (Å²) in [6, 6.07) is 14.9. The maximum atomic E-state index is 14.0. The Hall–Kier alpha value is -2.39. The van der Waals surface area contributed by atoms with Crippen LogP contribution in [0, 0.1) is 17.8 Å². The lowest BCUT2D eigenvalue weighted by Gasteiger charge is -2.57. The molecule has 9 heteroatoms. The lowest BCUT2D eigenvalue weighted by atomic mass is 9.48. The molecule has 5 saturated carbocycles. The maximum absolute atomic E-state index is 14.0. The number of anilines is 1. The Bertz CT molecular complexity index is 1440. The molecule has 4 bridgehead atoms. The number of rotatable bonds is 10. The average Bonchev–Trinajstić information content (AvgIpc) is 2.97. The smallest absolute Gasteiger partial charge is 0.244 e. The number of benzene rings is 2. The average molecular weight is 685 g/mol. The van der Waals surface area contributed by atoms with Gasteiger partial charge >= 0.3 is 0 Å². The van der Waals surface area contributed by atoms with Crippen LogP contribution in [-0.2, 0) is 31.6 Å². The van der Waals surface area contributed by atoms with Crippen molar-refractivity contribution < 1.29 is 18.0 Å². The minimum Gasteiger partial charge on any atom is -0.352 e. The fourth-order valence-corrected chi connectivity index (χ4v) is 10.3. The van der Waals surface area contributed by atoms with Gasteiger partial charge in [-0.05, 0) is 117 Å². The van der Waals surface area contributed by atoms with Gasteiger partial charge in [-0.1, -0.05) is 59.5 Å². The van der Waals surface area contributed by atoms with Gasteiger partial charge < -0.3 is 10.2 Å².